The minimum atomic E-state index is -3.62. The first-order chi connectivity index (χ1) is 10.5. The van der Waals surface area contributed by atoms with Crippen molar-refractivity contribution in [2.24, 2.45) is 0 Å². The summed E-state index contributed by atoms with van der Waals surface area (Å²) < 4.78 is 30.5. The highest BCUT2D eigenvalue weighted by Crippen LogP contribution is 2.29. The lowest BCUT2D eigenvalue weighted by Crippen LogP contribution is -2.22. The van der Waals surface area contributed by atoms with Crippen molar-refractivity contribution >= 4 is 32.4 Å². The molecule has 0 aliphatic heterocycles. The van der Waals surface area contributed by atoms with E-state index in [0.717, 1.165) is 9.99 Å². The third kappa shape index (κ3) is 2.42. The van der Waals surface area contributed by atoms with Gasteiger partial charge in [0, 0.05) is 19.8 Å². The van der Waals surface area contributed by atoms with Crippen LogP contribution in [0.3, 0.4) is 0 Å². The topological polar surface area (TPSA) is 88.3 Å². The summed E-state index contributed by atoms with van der Waals surface area (Å²) in [5.41, 5.74) is 2.05. The van der Waals surface area contributed by atoms with Gasteiger partial charge in [0.15, 0.2) is 11.0 Å². The van der Waals surface area contributed by atoms with E-state index in [-0.39, 0.29) is 10.4 Å². The van der Waals surface area contributed by atoms with Gasteiger partial charge in [0.25, 0.3) is 0 Å². The van der Waals surface area contributed by atoms with Crippen LogP contribution in [0.15, 0.2) is 52.0 Å². The van der Waals surface area contributed by atoms with Crippen LogP contribution in [-0.4, -0.2) is 37.1 Å². The number of benzene rings is 2. The van der Waals surface area contributed by atoms with Crippen LogP contribution >= 0.6 is 0 Å². The summed E-state index contributed by atoms with van der Waals surface area (Å²) >= 11 is 0. The zero-order chi connectivity index (χ0) is 15.7. The fraction of sp³-hybridized carbons (Fsp3) is 0.143. The molecule has 3 aromatic rings. The lowest BCUT2D eigenvalue weighted by atomic mass is 10.2. The van der Waals surface area contributed by atoms with Crippen LogP contribution in [0.2, 0.25) is 0 Å². The van der Waals surface area contributed by atoms with Crippen molar-refractivity contribution in [3.63, 3.8) is 0 Å². The number of nitrogens with zero attached hydrogens (tertiary/aromatic N) is 3. The zero-order valence-corrected chi connectivity index (χ0v) is 12.8. The minimum Gasteiger partial charge on any atom is -0.354 e. The monoisotopic (exact) mass is 318 g/mol. The Morgan fingerprint density at radius 3 is 2.36 bits per heavy atom. The van der Waals surface area contributed by atoms with Gasteiger partial charge in [0.2, 0.25) is 10.0 Å². The van der Waals surface area contributed by atoms with Gasteiger partial charge in [-0.05, 0) is 34.6 Å². The molecule has 114 valence electrons. The molecule has 8 heteroatoms. The summed E-state index contributed by atoms with van der Waals surface area (Å²) in [6.07, 6.45) is 0. The predicted molar refractivity (Wildman–Crippen MR) is 82.4 cm³/mol. The molecule has 1 heterocycles. The fourth-order valence-corrected chi connectivity index (χ4v) is 3.04. The molecule has 1 aromatic heterocycles. The molecule has 22 heavy (non-hydrogen) atoms. The summed E-state index contributed by atoms with van der Waals surface area (Å²) in [6.45, 7) is 0. The van der Waals surface area contributed by atoms with Crippen LogP contribution in [0.1, 0.15) is 0 Å². The molecule has 0 fully saturated rings. The molecule has 0 saturated carbocycles. The Morgan fingerprint density at radius 2 is 1.68 bits per heavy atom. The van der Waals surface area contributed by atoms with Crippen LogP contribution in [0.5, 0.6) is 0 Å². The number of aromatic nitrogens is 2. The maximum Gasteiger partial charge on any atom is 0.244 e. The van der Waals surface area contributed by atoms with E-state index in [4.69, 9.17) is 4.63 Å². The van der Waals surface area contributed by atoms with Crippen molar-refractivity contribution in [1.29, 1.82) is 0 Å². The number of hydrogen-bond acceptors (Lipinski definition) is 6. The first-order valence-electron chi connectivity index (χ1n) is 6.50. The summed E-state index contributed by atoms with van der Waals surface area (Å²) in [7, 11) is -0.694. The van der Waals surface area contributed by atoms with Crippen molar-refractivity contribution in [2.45, 2.75) is 4.90 Å². The van der Waals surface area contributed by atoms with Crippen LogP contribution in [0.25, 0.3) is 11.0 Å². The van der Waals surface area contributed by atoms with Gasteiger partial charge in [0.1, 0.15) is 4.90 Å². The number of hydrogen-bond donors (Lipinski definition) is 1. The van der Waals surface area contributed by atoms with E-state index in [2.05, 4.69) is 15.6 Å². The largest absolute Gasteiger partial charge is 0.354 e. The number of anilines is 2. The fourth-order valence-electron chi connectivity index (χ4n) is 2.03. The smallest absolute Gasteiger partial charge is 0.244 e. The average molecular weight is 318 g/mol. The third-order valence-corrected chi connectivity index (χ3v) is 5.04. The van der Waals surface area contributed by atoms with Gasteiger partial charge in [-0.3, -0.25) is 0 Å². The molecule has 2 aromatic carbocycles. The number of nitrogens with one attached hydrogen (secondary N) is 1. The van der Waals surface area contributed by atoms with E-state index in [1.165, 1.54) is 20.2 Å². The van der Waals surface area contributed by atoms with Crippen molar-refractivity contribution < 1.29 is 13.0 Å². The molecular formula is C14H14N4O3S. The maximum absolute atomic E-state index is 12.3. The summed E-state index contributed by atoms with van der Waals surface area (Å²) in [4.78, 5) is 0.0624. The molecule has 0 bridgehead atoms. The number of sulfonamides is 1. The molecule has 0 saturated heterocycles. The lowest BCUT2D eigenvalue weighted by Gasteiger charge is -2.12. The minimum absolute atomic E-state index is 0.0624. The highest BCUT2D eigenvalue weighted by atomic mass is 32.2. The Bertz CT molecular complexity index is 904. The third-order valence-electron chi connectivity index (χ3n) is 3.19. The van der Waals surface area contributed by atoms with Gasteiger partial charge < -0.3 is 5.32 Å². The van der Waals surface area contributed by atoms with Gasteiger partial charge in [0.05, 0.1) is 5.69 Å². The number of para-hydroxylation sites is 1. The van der Waals surface area contributed by atoms with E-state index in [1.54, 1.807) is 6.07 Å². The first-order valence-corrected chi connectivity index (χ1v) is 7.94. The molecule has 0 radical (unpaired) electrons. The molecule has 0 aliphatic rings. The van der Waals surface area contributed by atoms with Gasteiger partial charge in [-0.1, -0.05) is 18.2 Å². The molecule has 3 rings (SSSR count). The summed E-state index contributed by atoms with van der Waals surface area (Å²) in [6, 6.07) is 12.6. The number of rotatable bonds is 4. The van der Waals surface area contributed by atoms with E-state index >= 15 is 0 Å². The van der Waals surface area contributed by atoms with Crippen molar-refractivity contribution in [2.75, 3.05) is 19.4 Å². The van der Waals surface area contributed by atoms with Gasteiger partial charge in [-0.15, -0.1) is 0 Å². The Hall–Kier alpha value is -2.45. The predicted octanol–water partition coefficient (Wildman–Crippen LogP) is 2.22. The molecule has 0 atom stereocenters. The summed E-state index contributed by atoms with van der Waals surface area (Å²) in [5, 5.41) is 10.7. The van der Waals surface area contributed by atoms with E-state index < -0.39 is 10.0 Å². The van der Waals surface area contributed by atoms with E-state index in [9.17, 15) is 8.42 Å². The average Bonchev–Trinajstić information content (AvgIpc) is 2.98. The highest BCUT2D eigenvalue weighted by Gasteiger charge is 2.24. The van der Waals surface area contributed by atoms with Gasteiger partial charge in [-0.25, -0.2) is 17.4 Å². The molecule has 0 aliphatic carbocycles. The Labute approximate surface area is 127 Å². The standard InChI is InChI=1S/C14H14N4O3S/c1-18(2)22(19,20)12-9-8-11(13-14(12)17-21-16-13)15-10-6-4-3-5-7-10/h3-9,15H,1-2H3. The van der Waals surface area contributed by atoms with Gasteiger partial charge >= 0.3 is 0 Å². The normalized spacial score (nSPS) is 12.0. The van der Waals surface area contributed by atoms with Crippen molar-refractivity contribution in [3.8, 4) is 0 Å². The molecular weight excluding hydrogens is 304 g/mol. The quantitative estimate of drug-likeness (QED) is 0.793. The van der Waals surface area contributed by atoms with E-state index in [1.807, 2.05) is 30.3 Å². The van der Waals surface area contributed by atoms with Crippen LogP contribution in [-0.2, 0) is 10.0 Å². The lowest BCUT2D eigenvalue weighted by molar-refractivity contribution is 0.315. The zero-order valence-electron chi connectivity index (χ0n) is 12.0. The maximum atomic E-state index is 12.3. The molecule has 0 amide bonds. The molecule has 0 spiro atoms. The molecule has 0 unspecified atom stereocenters. The Balaban J connectivity index is 2.12. The highest BCUT2D eigenvalue weighted by molar-refractivity contribution is 7.89. The molecule has 7 nitrogen and oxygen atoms in total. The summed E-state index contributed by atoms with van der Waals surface area (Å²) in [5.74, 6) is 0. The van der Waals surface area contributed by atoms with E-state index in [0.29, 0.717) is 11.2 Å². The van der Waals surface area contributed by atoms with Crippen LogP contribution < -0.4 is 5.32 Å². The SMILES string of the molecule is CN(C)S(=O)(=O)c1ccc(Nc2ccccc2)c2nonc12. The number of fused-ring (bicyclic) bond motifs is 1. The molecule has 1 N–H and O–H groups in total. The van der Waals surface area contributed by atoms with Crippen molar-refractivity contribution in [1.82, 2.24) is 14.6 Å². The van der Waals surface area contributed by atoms with Gasteiger partial charge in [-0.2, -0.15) is 0 Å². The van der Waals surface area contributed by atoms with Crippen LogP contribution in [0.4, 0.5) is 11.4 Å². The second-order valence-electron chi connectivity index (χ2n) is 4.85. The van der Waals surface area contributed by atoms with Crippen molar-refractivity contribution in [3.05, 3.63) is 42.5 Å². The first kappa shape index (κ1) is 14.5. The van der Waals surface area contributed by atoms with Crippen LogP contribution in [0, 0.1) is 0 Å². The Morgan fingerprint density at radius 1 is 1.00 bits per heavy atom. The second kappa shape index (κ2) is 5.39. The second-order valence-corrected chi connectivity index (χ2v) is 6.97. The Kier molecular flexibility index (Phi) is 3.55.